The third-order valence-corrected chi connectivity index (χ3v) is 7.31. The molecule has 0 radical (unpaired) electrons. The Balaban J connectivity index is 1.23. The molecule has 1 saturated heterocycles. The molecule has 7 nitrogen and oxygen atoms in total. The molecule has 0 amide bonds. The van der Waals surface area contributed by atoms with Gasteiger partial charge in [-0.05, 0) is 48.9 Å². The van der Waals surface area contributed by atoms with E-state index in [2.05, 4.69) is 4.98 Å². The first-order chi connectivity index (χ1) is 19.8. The van der Waals surface area contributed by atoms with E-state index >= 15 is 4.39 Å². The van der Waals surface area contributed by atoms with Crippen LogP contribution in [0.2, 0.25) is 5.02 Å². The minimum Gasteiger partial charge on any atom is -0.478 e. The number of carboxylic acids is 1. The first kappa shape index (κ1) is 26.9. The number of carboxylic acid groups (broad SMARTS) is 1. The van der Waals surface area contributed by atoms with Gasteiger partial charge in [-0.3, -0.25) is 4.68 Å². The summed E-state index contributed by atoms with van der Waals surface area (Å²) >= 11 is 5.81. The van der Waals surface area contributed by atoms with Crippen molar-refractivity contribution >= 4 is 28.5 Å². The monoisotopic (exact) mass is 575 g/mol. The van der Waals surface area contributed by atoms with Crippen molar-refractivity contribution in [2.24, 2.45) is 0 Å². The summed E-state index contributed by atoms with van der Waals surface area (Å²) in [6, 6.07) is 19.1. The molecule has 1 unspecified atom stereocenters. The van der Waals surface area contributed by atoms with E-state index in [1.54, 1.807) is 59.3 Å². The van der Waals surface area contributed by atoms with Gasteiger partial charge in [0.2, 0.25) is 5.88 Å². The van der Waals surface area contributed by atoms with E-state index in [-0.39, 0.29) is 30.7 Å². The summed E-state index contributed by atoms with van der Waals surface area (Å²) in [5.74, 6) is -1.66. The normalized spacial score (nSPS) is 14.7. The number of aromatic carboxylic acids is 1. The summed E-state index contributed by atoms with van der Waals surface area (Å²) in [6.07, 6.45) is 1.52. The van der Waals surface area contributed by atoms with Crippen LogP contribution in [-0.4, -0.2) is 38.6 Å². The van der Waals surface area contributed by atoms with Gasteiger partial charge in [-0.15, -0.1) is 0 Å². The van der Waals surface area contributed by atoms with Crippen molar-refractivity contribution < 1.29 is 28.2 Å². The summed E-state index contributed by atoms with van der Waals surface area (Å²) in [7, 11) is 0. The zero-order valence-corrected chi connectivity index (χ0v) is 22.4. The van der Waals surface area contributed by atoms with Crippen LogP contribution in [0.3, 0.4) is 0 Å². The van der Waals surface area contributed by atoms with Crippen LogP contribution in [0, 0.1) is 11.6 Å². The molecule has 0 spiro atoms. The lowest BCUT2D eigenvalue weighted by Gasteiger charge is -2.25. The number of fused-ring (bicyclic) bond motifs is 1. The Kier molecular flexibility index (Phi) is 7.38. The van der Waals surface area contributed by atoms with Gasteiger partial charge in [-0.25, -0.2) is 18.6 Å². The number of hydrogen-bond donors (Lipinski definition) is 1. The lowest BCUT2D eigenvalue weighted by molar-refractivity contribution is -0.0495. The van der Waals surface area contributed by atoms with Crippen LogP contribution < -0.4 is 4.74 Å². The molecule has 1 atom stereocenters. The second-order valence-corrected chi connectivity index (χ2v) is 10.3. The number of aromatic nitrogens is 3. The molecular weight excluding hydrogens is 552 g/mol. The van der Waals surface area contributed by atoms with Crippen LogP contribution >= 0.6 is 11.6 Å². The molecule has 6 rings (SSSR count). The summed E-state index contributed by atoms with van der Waals surface area (Å²) in [6.45, 7) is 0.823. The number of pyridine rings is 1. The van der Waals surface area contributed by atoms with E-state index in [1.807, 2.05) is 0 Å². The van der Waals surface area contributed by atoms with Crippen LogP contribution in [0.15, 0.2) is 72.8 Å². The highest BCUT2D eigenvalue weighted by Crippen LogP contribution is 2.28. The second kappa shape index (κ2) is 11.3. The molecule has 208 valence electrons. The van der Waals surface area contributed by atoms with Gasteiger partial charge in [0.25, 0.3) is 0 Å². The van der Waals surface area contributed by atoms with Crippen molar-refractivity contribution in [1.82, 2.24) is 14.8 Å². The predicted octanol–water partition coefficient (Wildman–Crippen LogP) is 6.69. The molecule has 10 heteroatoms. The standard InChI is InChI=1S/C31H24ClF2N3O4/c32-22-8-6-21(26(34)14-22)17-41-30-3-1-2-27(35-30)18-4-5-20(25(33)13-18)16-37-29-9-7-19(31(38)39)12-24(29)28(36-37)15-23-10-11-40-23/h1-9,12-14,23H,10-11,15-17H2,(H,38,39). The van der Waals surface area contributed by atoms with Gasteiger partial charge in [0.05, 0.1) is 35.1 Å². The predicted molar refractivity (Wildman–Crippen MR) is 149 cm³/mol. The van der Waals surface area contributed by atoms with E-state index < -0.39 is 17.6 Å². The van der Waals surface area contributed by atoms with Gasteiger partial charge in [-0.1, -0.05) is 35.9 Å². The number of carbonyl (C=O) groups is 1. The highest BCUT2D eigenvalue weighted by Gasteiger charge is 2.23. The van der Waals surface area contributed by atoms with Gasteiger partial charge in [0.1, 0.15) is 18.2 Å². The average Bonchev–Trinajstić information content (AvgIpc) is 3.27. The smallest absolute Gasteiger partial charge is 0.335 e. The van der Waals surface area contributed by atoms with E-state index in [0.29, 0.717) is 40.4 Å². The maximum Gasteiger partial charge on any atom is 0.335 e. The van der Waals surface area contributed by atoms with Crippen LogP contribution in [0.5, 0.6) is 5.88 Å². The Bertz CT molecular complexity index is 1770. The highest BCUT2D eigenvalue weighted by molar-refractivity contribution is 6.30. The lowest BCUT2D eigenvalue weighted by Crippen LogP contribution is -2.29. The van der Waals surface area contributed by atoms with E-state index in [1.165, 1.54) is 18.2 Å². The summed E-state index contributed by atoms with van der Waals surface area (Å²) in [5.41, 5.74) is 3.41. The average molecular weight is 576 g/mol. The fourth-order valence-electron chi connectivity index (χ4n) is 4.75. The number of hydrogen-bond acceptors (Lipinski definition) is 5. The van der Waals surface area contributed by atoms with Gasteiger partial charge in [0, 0.05) is 46.2 Å². The molecule has 0 saturated carbocycles. The van der Waals surface area contributed by atoms with Crippen LogP contribution in [0.4, 0.5) is 8.78 Å². The van der Waals surface area contributed by atoms with E-state index in [4.69, 9.17) is 26.2 Å². The maximum absolute atomic E-state index is 15.4. The molecule has 1 fully saturated rings. The zero-order valence-electron chi connectivity index (χ0n) is 21.7. The molecule has 3 heterocycles. The van der Waals surface area contributed by atoms with Gasteiger partial charge in [0.15, 0.2) is 0 Å². The molecule has 2 aromatic heterocycles. The molecule has 1 N–H and O–H groups in total. The number of benzene rings is 3. The first-order valence-electron chi connectivity index (χ1n) is 13.0. The number of halogens is 3. The van der Waals surface area contributed by atoms with Crippen molar-refractivity contribution in [3.63, 3.8) is 0 Å². The van der Waals surface area contributed by atoms with E-state index in [9.17, 15) is 14.3 Å². The summed E-state index contributed by atoms with van der Waals surface area (Å²) in [5, 5.41) is 15.2. The fraction of sp³-hybridized carbons (Fsp3) is 0.194. The molecule has 3 aromatic carbocycles. The number of ether oxygens (including phenoxy) is 2. The van der Waals surface area contributed by atoms with Crippen LogP contribution in [0.1, 0.15) is 33.6 Å². The Hall–Kier alpha value is -4.34. The van der Waals surface area contributed by atoms with Gasteiger partial charge in [-0.2, -0.15) is 5.10 Å². The third kappa shape index (κ3) is 5.77. The zero-order chi connectivity index (χ0) is 28.5. The largest absolute Gasteiger partial charge is 0.478 e. The Morgan fingerprint density at radius 1 is 1.05 bits per heavy atom. The van der Waals surface area contributed by atoms with Gasteiger partial charge >= 0.3 is 5.97 Å². The SMILES string of the molecule is O=C(O)c1ccc2c(c1)c(CC1CCO1)nn2Cc1ccc(-c2cccc(OCc3ccc(Cl)cc3F)n2)cc1F. The van der Waals surface area contributed by atoms with Crippen LogP contribution in [0.25, 0.3) is 22.2 Å². The Morgan fingerprint density at radius 3 is 2.59 bits per heavy atom. The van der Waals surface area contributed by atoms with Crippen molar-refractivity contribution in [2.75, 3.05) is 6.61 Å². The molecule has 5 aromatic rings. The topological polar surface area (TPSA) is 86.5 Å². The molecule has 1 aliphatic rings. The van der Waals surface area contributed by atoms with Crippen molar-refractivity contribution in [3.05, 3.63) is 112 Å². The van der Waals surface area contributed by atoms with Crippen molar-refractivity contribution in [3.8, 4) is 17.1 Å². The number of nitrogens with zero attached hydrogens (tertiary/aromatic N) is 3. The molecule has 1 aliphatic heterocycles. The summed E-state index contributed by atoms with van der Waals surface area (Å²) in [4.78, 5) is 16.0. The Labute approximate surface area is 238 Å². The molecule has 0 bridgehead atoms. The molecule has 0 aliphatic carbocycles. The maximum atomic E-state index is 15.4. The minimum atomic E-state index is -1.02. The lowest BCUT2D eigenvalue weighted by atomic mass is 10.0. The van der Waals surface area contributed by atoms with Crippen LogP contribution in [-0.2, 0) is 24.3 Å². The molecular formula is C31H24ClF2N3O4. The van der Waals surface area contributed by atoms with E-state index in [0.717, 1.165) is 23.0 Å². The second-order valence-electron chi connectivity index (χ2n) is 9.82. The molecule has 41 heavy (non-hydrogen) atoms. The first-order valence-corrected chi connectivity index (χ1v) is 13.4. The number of rotatable bonds is 9. The minimum absolute atomic E-state index is 0.0343. The Morgan fingerprint density at radius 2 is 1.85 bits per heavy atom. The highest BCUT2D eigenvalue weighted by atomic mass is 35.5. The van der Waals surface area contributed by atoms with Crippen molar-refractivity contribution in [2.45, 2.75) is 32.1 Å². The summed E-state index contributed by atoms with van der Waals surface area (Å²) < 4.78 is 42.4. The van der Waals surface area contributed by atoms with Crippen molar-refractivity contribution in [1.29, 1.82) is 0 Å². The third-order valence-electron chi connectivity index (χ3n) is 7.07. The fourth-order valence-corrected chi connectivity index (χ4v) is 4.91. The van der Waals surface area contributed by atoms with Gasteiger partial charge < -0.3 is 14.6 Å². The quantitative estimate of drug-likeness (QED) is 0.211.